The normalized spacial score (nSPS) is 10.8. The summed E-state index contributed by atoms with van der Waals surface area (Å²) in [5, 5.41) is 8.91. The van der Waals surface area contributed by atoms with Gasteiger partial charge in [-0.2, -0.15) is 0 Å². The monoisotopic (exact) mass is 317 g/mol. The second-order valence-electron chi connectivity index (χ2n) is 3.77. The summed E-state index contributed by atoms with van der Waals surface area (Å²) >= 11 is 5.94. The second kappa shape index (κ2) is 8.12. The minimum absolute atomic E-state index is 0.119. The Morgan fingerprint density at radius 1 is 1.45 bits per heavy atom. The predicted molar refractivity (Wildman–Crippen MR) is 79.3 cm³/mol. The summed E-state index contributed by atoms with van der Waals surface area (Å²) in [5.41, 5.74) is 0.818. The fraction of sp³-hybridized carbons (Fsp3) is 0.385. The van der Waals surface area contributed by atoms with E-state index in [0.717, 1.165) is 0 Å². The summed E-state index contributed by atoms with van der Waals surface area (Å²) in [6.07, 6.45) is 0. The molecule has 0 spiro atoms. The van der Waals surface area contributed by atoms with Crippen molar-refractivity contribution in [3.8, 4) is 11.8 Å². The number of anilines is 1. The lowest BCUT2D eigenvalue weighted by atomic mass is 10.2. The van der Waals surface area contributed by atoms with Gasteiger partial charge in [0.2, 0.25) is 10.0 Å². The average molecular weight is 318 g/mol. The van der Waals surface area contributed by atoms with E-state index in [9.17, 15) is 8.42 Å². The Labute approximate surface area is 124 Å². The third-order valence-corrected chi connectivity index (χ3v) is 3.81. The van der Waals surface area contributed by atoms with Gasteiger partial charge >= 0.3 is 0 Å². The third-order valence-electron chi connectivity index (χ3n) is 2.24. The van der Waals surface area contributed by atoms with Crippen LogP contribution in [0.25, 0.3) is 0 Å². The molecule has 0 atom stereocenters. The van der Waals surface area contributed by atoms with Crippen LogP contribution in [0.3, 0.4) is 0 Å². The number of aliphatic hydroxyl groups is 1. The number of hydrogen-bond donors (Lipinski definition) is 2. The first-order valence-corrected chi connectivity index (χ1v) is 7.99. The maximum atomic E-state index is 11.8. The molecule has 0 fully saturated rings. The molecule has 0 saturated carbocycles. The van der Waals surface area contributed by atoms with E-state index in [0.29, 0.717) is 12.2 Å². The van der Waals surface area contributed by atoms with Crippen molar-refractivity contribution in [2.45, 2.75) is 6.92 Å². The molecule has 0 amide bonds. The molecule has 110 valence electrons. The molecule has 0 radical (unpaired) electrons. The van der Waals surface area contributed by atoms with Crippen LogP contribution in [0.2, 0.25) is 5.02 Å². The zero-order valence-corrected chi connectivity index (χ0v) is 12.6. The van der Waals surface area contributed by atoms with E-state index in [1.807, 2.05) is 0 Å². The summed E-state index contributed by atoms with van der Waals surface area (Å²) in [5.74, 6) is 5.01. The van der Waals surface area contributed by atoms with Gasteiger partial charge in [0.1, 0.15) is 6.61 Å². The molecule has 0 aliphatic rings. The van der Waals surface area contributed by atoms with Gasteiger partial charge < -0.3 is 9.84 Å². The standard InChI is InChI=1S/C13H16ClNO4S/c1-2-19-8-9-20(17,18)15-13-10-11(4-3-7-16)5-6-12(13)14/h5-6,10,15-16H,2,7-9H2,1H3. The SMILES string of the molecule is CCOCCS(=O)(=O)Nc1cc(C#CCO)ccc1Cl. The van der Waals surface area contributed by atoms with Crippen LogP contribution in [0.1, 0.15) is 12.5 Å². The molecule has 0 unspecified atom stereocenters. The van der Waals surface area contributed by atoms with Crippen LogP contribution >= 0.6 is 11.6 Å². The van der Waals surface area contributed by atoms with E-state index in [-0.39, 0.29) is 29.7 Å². The van der Waals surface area contributed by atoms with Crippen LogP contribution in [0.5, 0.6) is 0 Å². The quantitative estimate of drug-likeness (QED) is 0.615. The fourth-order valence-corrected chi connectivity index (χ4v) is 2.52. The van der Waals surface area contributed by atoms with E-state index in [2.05, 4.69) is 16.6 Å². The summed E-state index contributed by atoms with van der Waals surface area (Å²) in [6.45, 7) is 2.11. The largest absolute Gasteiger partial charge is 0.384 e. The number of sulfonamides is 1. The smallest absolute Gasteiger partial charge is 0.235 e. The second-order valence-corrected chi connectivity index (χ2v) is 6.02. The molecule has 0 aliphatic carbocycles. The van der Waals surface area contributed by atoms with Gasteiger partial charge in [0.15, 0.2) is 0 Å². The van der Waals surface area contributed by atoms with E-state index < -0.39 is 10.0 Å². The lowest BCUT2D eigenvalue weighted by Crippen LogP contribution is -2.20. The average Bonchev–Trinajstić information content (AvgIpc) is 2.39. The molecule has 1 aromatic carbocycles. The lowest BCUT2D eigenvalue weighted by molar-refractivity contribution is 0.163. The van der Waals surface area contributed by atoms with Crippen LogP contribution in [0, 0.1) is 11.8 Å². The van der Waals surface area contributed by atoms with Crippen LogP contribution in [-0.2, 0) is 14.8 Å². The molecule has 1 rings (SSSR count). The number of ether oxygens (including phenoxy) is 1. The lowest BCUT2D eigenvalue weighted by Gasteiger charge is -2.10. The van der Waals surface area contributed by atoms with E-state index in [1.54, 1.807) is 19.1 Å². The number of nitrogens with one attached hydrogen (secondary N) is 1. The Morgan fingerprint density at radius 3 is 2.85 bits per heavy atom. The first-order chi connectivity index (χ1) is 9.48. The minimum Gasteiger partial charge on any atom is -0.384 e. The van der Waals surface area contributed by atoms with Crippen LogP contribution in [0.15, 0.2) is 18.2 Å². The van der Waals surface area contributed by atoms with Crippen molar-refractivity contribution < 1.29 is 18.3 Å². The van der Waals surface area contributed by atoms with Gasteiger partial charge in [0, 0.05) is 12.2 Å². The molecule has 0 aromatic heterocycles. The van der Waals surface area contributed by atoms with Gasteiger partial charge in [-0.3, -0.25) is 4.72 Å². The van der Waals surface area contributed by atoms with Crippen molar-refractivity contribution in [2.75, 3.05) is 30.3 Å². The van der Waals surface area contributed by atoms with Gasteiger partial charge in [-0.05, 0) is 25.1 Å². The van der Waals surface area contributed by atoms with Crippen molar-refractivity contribution >= 4 is 27.3 Å². The minimum atomic E-state index is -3.52. The first kappa shape index (κ1) is 16.8. The van der Waals surface area contributed by atoms with Crippen molar-refractivity contribution in [1.82, 2.24) is 0 Å². The van der Waals surface area contributed by atoms with E-state index in [4.69, 9.17) is 21.4 Å². The predicted octanol–water partition coefficient (Wildman–Crippen LogP) is 1.46. The highest BCUT2D eigenvalue weighted by Crippen LogP contribution is 2.23. The summed E-state index contributed by atoms with van der Waals surface area (Å²) in [7, 11) is -3.52. The third kappa shape index (κ3) is 5.80. The van der Waals surface area contributed by atoms with Gasteiger partial charge in [0.05, 0.1) is 23.1 Å². The number of benzene rings is 1. The van der Waals surface area contributed by atoms with Gasteiger partial charge in [0.25, 0.3) is 0 Å². The highest BCUT2D eigenvalue weighted by atomic mass is 35.5. The maximum absolute atomic E-state index is 11.8. The number of rotatable bonds is 6. The molecular weight excluding hydrogens is 302 g/mol. The maximum Gasteiger partial charge on any atom is 0.235 e. The molecule has 0 heterocycles. The Hall–Kier alpha value is -1.26. The van der Waals surface area contributed by atoms with Crippen molar-refractivity contribution in [1.29, 1.82) is 0 Å². The molecule has 5 nitrogen and oxygen atoms in total. The van der Waals surface area contributed by atoms with Gasteiger partial charge in [-0.25, -0.2) is 8.42 Å². The molecule has 0 saturated heterocycles. The summed E-state index contributed by atoms with van der Waals surface area (Å²) in [6, 6.07) is 4.70. The Kier molecular flexibility index (Phi) is 6.82. The first-order valence-electron chi connectivity index (χ1n) is 5.96. The molecule has 0 aliphatic heterocycles. The van der Waals surface area contributed by atoms with Crippen molar-refractivity contribution in [3.05, 3.63) is 28.8 Å². The zero-order valence-electron chi connectivity index (χ0n) is 11.0. The highest BCUT2D eigenvalue weighted by molar-refractivity contribution is 7.92. The van der Waals surface area contributed by atoms with Gasteiger partial charge in [-0.15, -0.1) is 0 Å². The number of halogens is 1. The van der Waals surface area contributed by atoms with Crippen molar-refractivity contribution in [3.63, 3.8) is 0 Å². The fourth-order valence-electron chi connectivity index (χ4n) is 1.35. The molecule has 7 heteroatoms. The van der Waals surface area contributed by atoms with Crippen LogP contribution < -0.4 is 4.72 Å². The van der Waals surface area contributed by atoms with Crippen LogP contribution in [-0.4, -0.2) is 39.1 Å². The molecule has 1 aromatic rings. The Bertz CT molecular complexity index is 605. The molecule has 20 heavy (non-hydrogen) atoms. The van der Waals surface area contributed by atoms with E-state index in [1.165, 1.54) is 6.07 Å². The highest BCUT2D eigenvalue weighted by Gasteiger charge is 2.12. The zero-order chi connectivity index (χ0) is 15.0. The molecule has 2 N–H and O–H groups in total. The Morgan fingerprint density at radius 2 is 2.20 bits per heavy atom. The number of aliphatic hydroxyl groups excluding tert-OH is 1. The molecule has 0 bridgehead atoms. The van der Waals surface area contributed by atoms with Gasteiger partial charge in [-0.1, -0.05) is 23.4 Å². The van der Waals surface area contributed by atoms with E-state index >= 15 is 0 Å². The van der Waals surface area contributed by atoms with Crippen molar-refractivity contribution in [2.24, 2.45) is 0 Å². The topological polar surface area (TPSA) is 75.6 Å². The summed E-state index contributed by atoms with van der Waals surface area (Å²) < 4.78 is 31.1. The van der Waals surface area contributed by atoms with Crippen LogP contribution in [0.4, 0.5) is 5.69 Å². The number of hydrogen-bond acceptors (Lipinski definition) is 4. The Balaban J connectivity index is 2.85. The summed E-state index contributed by atoms with van der Waals surface area (Å²) in [4.78, 5) is 0. The molecular formula is C13H16ClNO4S.